The highest BCUT2D eigenvalue weighted by molar-refractivity contribution is 5.66. The van der Waals surface area contributed by atoms with Gasteiger partial charge in [-0.15, -0.1) is 0 Å². The van der Waals surface area contributed by atoms with E-state index in [0.717, 1.165) is 32.4 Å². The lowest BCUT2D eigenvalue weighted by Crippen LogP contribution is -2.21. The third kappa shape index (κ3) is 8.43. The molecule has 0 rings (SSSR count). The lowest BCUT2D eigenvalue weighted by atomic mass is 9.88. The molecule has 0 heterocycles. The highest BCUT2D eigenvalue weighted by Crippen LogP contribution is 2.20. The summed E-state index contributed by atoms with van der Waals surface area (Å²) in [6.07, 6.45) is 3.35. The summed E-state index contributed by atoms with van der Waals surface area (Å²) in [6, 6.07) is 0. The molecule has 0 saturated heterocycles. The van der Waals surface area contributed by atoms with Crippen LogP contribution in [0.15, 0.2) is 0 Å². The van der Waals surface area contributed by atoms with Gasteiger partial charge in [-0.05, 0) is 44.2 Å². The second-order valence-corrected chi connectivity index (χ2v) is 4.48. The molecule has 0 aliphatic heterocycles. The van der Waals surface area contributed by atoms with Crippen molar-refractivity contribution in [2.45, 2.75) is 46.5 Å². The number of hydrogen-bond donors (Lipinski definition) is 2. The molecule has 0 aliphatic carbocycles. The summed E-state index contributed by atoms with van der Waals surface area (Å²) in [7, 11) is 0. The van der Waals surface area contributed by atoms with Crippen LogP contribution in [0.25, 0.3) is 0 Å². The van der Waals surface area contributed by atoms with E-state index in [2.05, 4.69) is 26.1 Å². The summed E-state index contributed by atoms with van der Waals surface area (Å²) in [6.45, 7) is 8.57. The first-order valence-electron chi connectivity index (χ1n) is 6.00. The van der Waals surface area contributed by atoms with Crippen LogP contribution in [0.1, 0.15) is 46.5 Å². The van der Waals surface area contributed by atoms with Gasteiger partial charge in [0, 0.05) is 6.42 Å². The second-order valence-electron chi connectivity index (χ2n) is 4.48. The fourth-order valence-electron chi connectivity index (χ4n) is 1.71. The predicted molar refractivity (Wildman–Crippen MR) is 63.0 cm³/mol. The zero-order chi connectivity index (χ0) is 11.7. The maximum absolute atomic E-state index is 10.5. The Labute approximate surface area is 93.3 Å². The number of rotatable bonds is 9. The minimum absolute atomic E-state index is 0.302. The third-order valence-corrected chi connectivity index (χ3v) is 2.79. The van der Waals surface area contributed by atoms with Crippen LogP contribution in [-0.4, -0.2) is 24.2 Å². The van der Waals surface area contributed by atoms with Gasteiger partial charge in [0.2, 0.25) is 0 Å². The van der Waals surface area contributed by atoms with Crippen molar-refractivity contribution in [3.63, 3.8) is 0 Å². The van der Waals surface area contributed by atoms with Crippen LogP contribution >= 0.6 is 0 Å². The van der Waals surface area contributed by atoms with Gasteiger partial charge in [0.1, 0.15) is 0 Å². The molecule has 2 N–H and O–H groups in total. The van der Waals surface area contributed by atoms with Crippen molar-refractivity contribution in [3.8, 4) is 0 Å². The van der Waals surface area contributed by atoms with E-state index in [1.807, 2.05) is 0 Å². The van der Waals surface area contributed by atoms with E-state index in [1.54, 1.807) is 0 Å². The molecule has 0 aromatic carbocycles. The largest absolute Gasteiger partial charge is 0.481 e. The van der Waals surface area contributed by atoms with Crippen LogP contribution in [0.3, 0.4) is 0 Å². The highest BCUT2D eigenvalue weighted by Gasteiger charge is 2.14. The van der Waals surface area contributed by atoms with Crippen molar-refractivity contribution < 1.29 is 9.90 Å². The Balaban J connectivity index is 3.68. The van der Waals surface area contributed by atoms with E-state index in [-0.39, 0.29) is 0 Å². The summed E-state index contributed by atoms with van der Waals surface area (Å²) < 4.78 is 0. The molecule has 3 heteroatoms. The van der Waals surface area contributed by atoms with Crippen molar-refractivity contribution >= 4 is 5.97 Å². The van der Waals surface area contributed by atoms with Crippen molar-refractivity contribution in [2.24, 2.45) is 11.8 Å². The summed E-state index contributed by atoms with van der Waals surface area (Å²) in [5, 5.41) is 12.0. The minimum atomic E-state index is -0.679. The lowest BCUT2D eigenvalue weighted by Gasteiger charge is -2.20. The standard InChI is InChI=1S/C12H25NO2/c1-4-8-13-9-7-11(10(2)3)5-6-12(14)15/h10-11,13H,4-9H2,1-3H3,(H,14,15). The summed E-state index contributed by atoms with van der Waals surface area (Å²) in [5.74, 6) is 0.431. The van der Waals surface area contributed by atoms with Gasteiger partial charge in [-0.1, -0.05) is 20.8 Å². The topological polar surface area (TPSA) is 49.3 Å². The Bertz CT molecular complexity index is 169. The van der Waals surface area contributed by atoms with E-state index in [4.69, 9.17) is 5.11 Å². The summed E-state index contributed by atoms with van der Waals surface area (Å²) in [5.41, 5.74) is 0. The van der Waals surface area contributed by atoms with Crippen LogP contribution in [0.4, 0.5) is 0 Å². The Kier molecular flexibility index (Phi) is 8.38. The number of aliphatic carboxylic acids is 1. The van der Waals surface area contributed by atoms with Crippen LogP contribution in [0, 0.1) is 11.8 Å². The summed E-state index contributed by atoms with van der Waals surface area (Å²) in [4.78, 5) is 10.5. The van der Waals surface area contributed by atoms with Crippen LogP contribution in [-0.2, 0) is 4.79 Å². The zero-order valence-corrected chi connectivity index (χ0v) is 10.3. The molecule has 0 aliphatic rings. The van der Waals surface area contributed by atoms with Gasteiger partial charge in [0.25, 0.3) is 0 Å². The zero-order valence-electron chi connectivity index (χ0n) is 10.3. The molecule has 0 fully saturated rings. The van der Waals surface area contributed by atoms with E-state index < -0.39 is 5.97 Å². The molecular weight excluding hydrogens is 190 g/mol. The molecule has 0 aromatic heterocycles. The number of hydrogen-bond acceptors (Lipinski definition) is 2. The quantitative estimate of drug-likeness (QED) is 0.581. The van der Waals surface area contributed by atoms with Gasteiger partial charge in [0.15, 0.2) is 0 Å². The average molecular weight is 215 g/mol. The molecule has 90 valence electrons. The smallest absolute Gasteiger partial charge is 0.303 e. The van der Waals surface area contributed by atoms with Crippen molar-refractivity contribution in [2.75, 3.05) is 13.1 Å². The van der Waals surface area contributed by atoms with Gasteiger partial charge in [0.05, 0.1) is 0 Å². The SMILES string of the molecule is CCCNCCC(CCC(=O)O)C(C)C. The molecular formula is C12H25NO2. The predicted octanol–water partition coefficient (Wildman–Crippen LogP) is 2.51. The first kappa shape index (κ1) is 14.4. The van der Waals surface area contributed by atoms with Crippen molar-refractivity contribution in [1.29, 1.82) is 0 Å². The van der Waals surface area contributed by atoms with E-state index in [1.165, 1.54) is 0 Å². The van der Waals surface area contributed by atoms with Gasteiger partial charge >= 0.3 is 5.97 Å². The molecule has 15 heavy (non-hydrogen) atoms. The average Bonchev–Trinajstić information content (AvgIpc) is 2.15. The van der Waals surface area contributed by atoms with E-state index in [9.17, 15) is 4.79 Å². The second kappa shape index (κ2) is 8.72. The Morgan fingerprint density at radius 1 is 1.27 bits per heavy atom. The Hall–Kier alpha value is -0.570. The fraction of sp³-hybridized carbons (Fsp3) is 0.917. The van der Waals surface area contributed by atoms with Gasteiger partial charge in [-0.25, -0.2) is 0 Å². The maximum Gasteiger partial charge on any atom is 0.303 e. The first-order valence-corrected chi connectivity index (χ1v) is 6.00. The van der Waals surface area contributed by atoms with Crippen molar-refractivity contribution in [1.82, 2.24) is 5.32 Å². The maximum atomic E-state index is 10.5. The molecule has 1 unspecified atom stereocenters. The number of nitrogens with one attached hydrogen (secondary N) is 1. The van der Waals surface area contributed by atoms with Crippen molar-refractivity contribution in [3.05, 3.63) is 0 Å². The Morgan fingerprint density at radius 3 is 2.40 bits per heavy atom. The molecule has 0 amide bonds. The number of carboxylic acid groups (broad SMARTS) is 1. The normalized spacial score (nSPS) is 13.1. The monoisotopic (exact) mass is 215 g/mol. The molecule has 0 aromatic rings. The van der Waals surface area contributed by atoms with Gasteiger partial charge < -0.3 is 10.4 Å². The molecule has 0 spiro atoms. The van der Waals surface area contributed by atoms with Crippen LogP contribution < -0.4 is 5.32 Å². The minimum Gasteiger partial charge on any atom is -0.481 e. The molecule has 0 saturated carbocycles. The Morgan fingerprint density at radius 2 is 1.93 bits per heavy atom. The third-order valence-electron chi connectivity index (χ3n) is 2.79. The van der Waals surface area contributed by atoms with Gasteiger partial charge in [-0.3, -0.25) is 4.79 Å². The fourth-order valence-corrected chi connectivity index (χ4v) is 1.71. The summed E-state index contributed by atoms with van der Waals surface area (Å²) >= 11 is 0. The number of carboxylic acids is 1. The van der Waals surface area contributed by atoms with Crippen LogP contribution in [0.2, 0.25) is 0 Å². The lowest BCUT2D eigenvalue weighted by molar-refractivity contribution is -0.137. The highest BCUT2D eigenvalue weighted by atomic mass is 16.4. The molecule has 1 atom stereocenters. The molecule has 0 bridgehead atoms. The first-order chi connectivity index (χ1) is 7.07. The number of carbonyl (C=O) groups is 1. The van der Waals surface area contributed by atoms with Crippen LogP contribution in [0.5, 0.6) is 0 Å². The van der Waals surface area contributed by atoms with E-state index in [0.29, 0.717) is 18.3 Å². The van der Waals surface area contributed by atoms with Gasteiger partial charge in [-0.2, -0.15) is 0 Å². The van der Waals surface area contributed by atoms with E-state index >= 15 is 0 Å². The molecule has 0 radical (unpaired) electrons. The molecule has 3 nitrogen and oxygen atoms in total.